The quantitative estimate of drug-likeness (QED) is 0.519. The second-order valence-corrected chi connectivity index (χ2v) is 12.4. The largest absolute Gasteiger partial charge is 0.300 e. The molecule has 170 valence electrons. The SMILES string of the molecule is N#Cc1csc(CC(=O)/C(=C/[C@H]2CCC(=O)C2)c2ccc(S(=O)(=O)C3CC3)c(C3CC3)c2)n1. The van der Waals surface area contributed by atoms with Crippen molar-refractivity contribution in [2.75, 3.05) is 0 Å². The van der Waals surface area contributed by atoms with Gasteiger partial charge < -0.3 is 0 Å². The fraction of sp³-hybridized carbons (Fsp3) is 0.440. The van der Waals surface area contributed by atoms with Crippen molar-refractivity contribution >= 4 is 38.3 Å². The van der Waals surface area contributed by atoms with E-state index in [4.69, 9.17) is 5.26 Å². The molecule has 0 saturated heterocycles. The number of benzene rings is 1. The van der Waals surface area contributed by atoms with E-state index < -0.39 is 9.84 Å². The summed E-state index contributed by atoms with van der Waals surface area (Å²) in [7, 11) is -3.33. The molecule has 1 atom stereocenters. The van der Waals surface area contributed by atoms with Crippen LogP contribution in [0.15, 0.2) is 34.6 Å². The van der Waals surface area contributed by atoms with Gasteiger partial charge in [0.1, 0.15) is 16.9 Å². The van der Waals surface area contributed by atoms with Gasteiger partial charge in [0.2, 0.25) is 0 Å². The highest BCUT2D eigenvalue weighted by atomic mass is 32.2. The van der Waals surface area contributed by atoms with Crippen LogP contribution in [-0.4, -0.2) is 30.2 Å². The number of carbonyl (C=O) groups excluding carboxylic acids is 2. The molecule has 1 heterocycles. The summed E-state index contributed by atoms with van der Waals surface area (Å²) in [4.78, 5) is 29.8. The topological polar surface area (TPSA) is 105 Å². The molecular weight excluding hydrogens is 456 g/mol. The number of sulfone groups is 1. The molecule has 1 aromatic carbocycles. The Morgan fingerprint density at radius 1 is 1.21 bits per heavy atom. The zero-order chi connectivity index (χ0) is 23.2. The van der Waals surface area contributed by atoms with Gasteiger partial charge in [-0.15, -0.1) is 11.3 Å². The van der Waals surface area contributed by atoms with E-state index >= 15 is 0 Å². The summed E-state index contributed by atoms with van der Waals surface area (Å²) in [5, 5.41) is 10.9. The van der Waals surface area contributed by atoms with Gasteiger partial charge in [-0.2, -0.15) is 5.26 Å². The molecule has 3 saturated carbocycles. The number of rotatable bonds is 8. The predicted octanol–water partition coefficient (Wildman–Crippen LogP) is 4.39. The van der Waals surface area contributed by atoms with Crippen molar-refractivity contribution in [1.29, 1.82) is 5.26 Å². The van der Waals surface area contributed by atoms with E-state index in [0.717, 1.165) is 24.8 Å². The van der Waals surface area contributed by atoms with Crippen LogP contribution < -0.4 is 0 Å². The maximum atomic E-state index is 13.4. The monoisotopic (exact) mass is 480 g/mol. The van der Waals surface area contributed by atoms with Crippen LogP contribution in [0.2, 0.25) is 0 Å². The van der Waals surface area contributed by atoms with Gasteiger partial charge in [-0.1, -0.05) is 12.1 Å². The highest BCUT2D eigenvalue weighted by Gasteiger charge is 2.40. The molecule has 8 heteroatoms. The third-order valence-corrected chi connectivity index (χ3v) is 9.76. The summed E-state index contributed by atoms with van der Waals surface area (Å²) >= 11 is 1.28. The lowest BCUT2D eigenvalue weighted by molar-refractivity contribution is -0.117. The van der Waals surface area contributed by atoms with Gasteiger partial charge in [0, 0.05) is 23.8 Å². The Bertz CT molecular complexity index is 1310. The smallest absolute Gasteiger partial charge is 0.181 e. The van der Waals surface area contributed by atoms with Crippen LogP contribution in [0.25, 0.3) is 5.57 Å². The van der Waals surface area contributed by atoms with Crippen molar-refractivity contribution in [1.82, 2.24) is 4.98 Å². The zero-order valence-electron chi connectivity index (χ0n) is 18.1. The first kappa shape index (κ1) is 22.2. The molecular formula is C25H24N2O4S2. The number of Topliss-reactive ketones (excluding diaryl/α,β-unsaturated/α-hetero) is 2. The second-order valence-electron chi connectivity index (χ2n) is 9.23. The Balaban J connectivity index is 1.52. The van der Waals surface area contributed by atoms with Crippen LogP contribution >= 0.6 is 11.3 Å². The Morgan fingerprint density at radius 3 is 2.61 bits per heavy atom. The molecule has 33 heavy (non-hydrogen) atoms. The molecule has 0 unspecified atom stereocenters. The number of allylic oxidation sites excluding steroid dienone is 2. The minimum Gasteiger partial charge on any atom is -0.300 e. The van der Waals surface area contributed by atoms with Gasteiger partial charge in [-0.25, -0.2) is 13.4 Å². The van der Waals surface area contributed by atoms with E-state index in [2.05, 4.69) is 4.98 Å². The first-order valence-corrected chi connectivity index (χ1v) is 13.8. The van der Waals surface area contributed by atoms with Crippen molar-refractivity contribution in [3.05, 3.63) is 51.5 Å². The lowest BCUT2D eigenvalue weighted by Crippen LogP contribution is -2.12. The molecule has 1 aromatic heterocycles. The van der Waals surface area contributed by atoms with E-state index in [0.29, 0.717) is 52.4 Å². The van der Waals surface area contributed by atoms with Crippen LogP contribution in [0.4, 0.5) is 0 Å². The first-order valence-electron chi connectivity index (χ1n) is 11.3. The van der Waals surface area contributed by atoms with Gasteiger partial charge in [-0.05, 0) is 67.2 Å². The van der Waals surface area contributed by atoms with Crippen LogP contribution in [-0.2, 0) is 25.8 Å². The molecule has 6 nitrogen and oxygen atoms in total. The predicted molar refractivity (Wildman–Crippen MR) is 124 cm³/mol. The van der Waals surface area contributed by atoms with E-state index in [1.807, 2.05) is 18.2 Å². The van der Waals surface area contributed by atoms with E-state index in [-0.39, 0.29) is 35.1 Å². The molecule has 0 N–H and O–H groups in total. The van der Waals surface area contributed by atoms with E-state index in [1.165, 1.54) is 11.3 Å². The minimum absolute atomic E-state index is 0.00154. The summed E-state index contributed by atoms with van der Waals surface area (Å²) in [6.45, 7) is 0. The fourth-order valence-electron chi connectivity index (χ4n) is 4.49. The van der Waals surface area contributed by atoms with Crippen LogP contribution in [0.1, 0.15) is 72.7 Å². The molecule has 0 amide bonds. The molecule has 0 spiro atoms. The number of aromatic nitrogens is 1. The van der Waals surface area contributed by atoms with Crippen molar-refractivity contribution in [2.24, 2.45) is 5.92 Å². The van der Waals surface area contributed by atoms with Gasteiger partial charge in [0.15, 0.2) is 21.3 Å². The molecule has 5 rings (SSSR count). The molecule has 3 aliphatic carbocycles. The number of carbonyl (C=O) groups is 2. The average Bonchev–Trinajstić information content (AvgIpc) is 3.72. The van der Waals surface area contributed by atoms with Crippen molar-refractivity contribution in [3.63, 3.8) is 0 Å². The Morgan fingerprint density at radius 2 is 2.00 bits per heavy atom. The molecule has 0 bridgehead atoms. The van der Waals surface area contributed by atoms with Gasteiger partial charge in [0.05, 0.1) is 16.6 Å². The number of nitrogens with zero attached hydrogens (tertiary/aromatic N) is 2. The molecule has 3 aliphatic rings. The van der Waals surface area contributed by atoms with Crippen molar-refractivity contribution < 1.29 is 18.0 Å². The van der Waals surface area contributed by atoms with Gasteiger partial charge in [-0.3, -0.25) is 9.59 Å². The first-order chi connectivity index (χ1) is 15.8. The number of thiazole rings is 1. The standard InChI is InChI=1S/C25H24N2O4S2/c26-13-18-14-32-25(27-18)12-23(29)21(10-15-1-5-19(28)9-15)17-4-8-24(22(11-17)16-2-3-16)33(30,31)20-6-7-20/h4,8,10-11,14-16,20H,1-3,5-7,9,12H2/b21-10+/t15-/m0/s1. The molecule has 3 fully saturated rings. The number of hydrogen-bond donors (Lipinski definition) is 0. The van der Waals surface area contributed by atoms with Crippen LogP contribution in [0.3, 0.4) is 0 Å². The van der Waals surface area contributed by atoms with Gasteiger partial charge in [0.25, 0.3) is 0 Å². The lowest BCUT2D eigenvalue weighted by atomic mass is 9.92. The Labute approximate surface area is 197 Å². The Kier molecular flexibility index (Phi) is 5.79. The molecule has 0 radical (unpaired) electrons. The maximum Gasteiger partial charge on any atom is 0.181 e. The number of hydrogen-bond acceptors (Lipinski definition) is 7. The van der Waals surface area contributed by atoms with Crippen molar-refractivity contribution in [2.45, 2.75) is 67.4 Å². The third kappa shape index (κ3) is 4.71. The third-order valence-electron chi connectivity index (χ3n) is 6.57. The zero-order valence-corrected chi connectivity index (χ0v) is 19.8. The van der Waals surface area contributed by atoms with E-state index in [1.54, 1.807) is 17.5 Å². The van der Waals surface area contributed by atoms with E-state index in [9.17, 15) is 18.0 Å². The molecule has 2 aromatic rings. The molecule has 0 aliphatic heterocycles. The number of ketones is 2. The van der Waals surface area contributed by atoms with Crippen molar-refractivity contribution in [3.8, 4) is 6.07 Å². The van der Waals surface area contributed by atoms with Crippen LogP contribution in [0, 0.1) is 17.2 Å². The minimum atomic E-state index is -3.33. The average molecular weight is 481 g/mol. The summed E-state index contributed by atoms with van der Waals surface area (Å²) in [5.74, 6) is 0.288. The summed E-state index contributed by atoms with van der Waals surface area (Å²) < 4.78 is 26.0. The second kappa shape index (κ2) is 8.62. The summed E-state index contributed by atoms with van der Waals surface area (Å²) in [5.41, 5.74) is 2.33. The summed E-state index contributed by atoms with van der Waals surface area (Å²) in [6, 6.07) is 7.29. The Hall–Kier alpha value is -2.63. The van der Waals surface area contributed by atoms with Crippen LogP contribution in [0.5, 0.6) is 0 Å². The van der Waals surface area contributed by atoms with Gasteiger partial charge >= 0.3 is 0 Å². The summed E-state index contributed by atoms with van der Waals surface area (Å²) in [6.07, 6.45) is 6.97. The fourth-order valence-corrected chi connectivity index (χ4v) is 7.14. The normalized spacial score (nSPS) is 21.2. The number of nitriles is 1. The maximum absolute atomic E-state index is 13.4. The highest BCUT2D eigenvalue weighted by Crippen LogP contribution is 2.46. The lowest BCUT2D eigenvalue weighted by Gasteiger charge is -2.15. The highest BCUT2D eigenvalue weighted by molar-refractivity contribution is 7.92.